The number of nitrogens with zero attached hydrogens (tertiary/aromatic N) is 2. The Bertz CT molecular complexity index is 1100. The molecule has 0 atom stereocenters. The first-order valence-electron chi connectivity index (χ1n) is 9.58. The number of Topliss-reactive ketones (excluding diaryl/α,β-unsaturated/α-hetero) is 1. The fraction of sp³-hybridized carbons (Fsp3) is 0.364. The number of rotatable bonds is 1. The molecule has 0 bridgehead atoms. The van der Waals surface area contributed by atoms with Crippen molar-refractivity contribution in [1.29, 1.82) is 0 Å². The van der Waals surface area contributed by atoms with Crippen molar-refractivity contribution < 1.29 is 13.9 Å². The Morgan fingerprint density at radius 1 is 1.14 bits per heavy atom. The number of anilines is 1. The summed E-state index contributed by atoms with van der Waals surface area (Å²) in [6.07, 6.45) is 1.94. The fourth-order valence-corrected chi connectivity index (χ4v) is 4.36. The van der Waals surface area contributed by atoms with Gasteiger partial charge in [0, 0.05) is 31.0 Å². The first-order valence-corrected chi connectivity index (χ1v) is 9.95. The lowest BCUT2D eigenvalue weighted by Gasteiger charge is -2.44. The lowest BCUT2D eigenvalue weighted by atomic mass is 9.81. The van der Waals surface area contributed by atoms with Crippen molar-refractivity contribution in [3.63, 3.8) is 0 Å². The highest BCUT2D eigenvalue weighted by Crippen LogP contribution is 2.42. The number of halogens is 1. The summed E-state index contributed by atoms with van der Waals surface area (Å²) in [6.45, 7) is 5.54. The van der Waals surface area contributed by atoms with E-state index in [0.29, 0.717) is 23.0 Å². The minimum atomic E-state index is -0.436. The number of aromatic nitrogens is 1. The predicted octanol–water partition coefficient (Wildman–Crippen LogP) is 5.10. The van der Waals surface area contributed by atoms with Gasteiger partial charge in [-0.25, -0.2) is 0 Å². The number of ether oxygens (including phenoxy) is 1. The van der Waals surface area contributed by atoms with Crippen LogP contribution in [-0.4, -0.2) is 29.5 Å². The third kappa shape index (κ3) is 2.76. The molecule has 144 valence electrons. The maximum Gasteiger partial charge on any atom is 0.298 e. The molecular formula is C22H21ClN2O3. The number of carbonyl (C=O) groups excluding carboxylic acids is 1. The van der Waals surface area contributed by atoms with Crippen LogP contribution < -0.4 is 9.64 Å². The smallest absolute Gasteiger partial charge is 0.298 e. The number of aryl methyl sites for hydroxylation is 1. The maximum absolute atomic E-state index is 12.8. The Balaban J connectivity index is 1.39. The summed E-state index contributed by atoms with van der Waals surface area (Å²) in [6, 6.07) is 9.93. The zero-order valence-electron chi connectivity index (χ0n) is 15.9. The average molecular weight is 397 g/mol. The number of hydrogen-bond acceptors (Lipinski definition) is 5. The van der Waals surface area contributed by atoms with Crippen LogP contribution in [0.1, 0.15) is 40.7 Å². The second-order valence-corrected chi connectivity index (χ2v) is 8.30. The van der Waals surface area contributed by atoms with E-state index >= 15 is 0 Å². The first kappa shape index (κ1) is 17.6. The summed E-state index contributed by atoms with van der Waals surface area (Å²) >= 11 is 6.05. The van der Waals surface area contributed by atoms with E-state index in [1.165, 1.54) is 0 Å². The van der Waals surface area contributed by atoms with Crippen molar-refractivity contribution >= 4 is 34.5 Å². The van der Waals surface area contributed by atoms with Gasteiger partial charge in [0.1, 0.15) is 16.9 Å². The van der Waals surface area contributed by atoms with Crippen LogP contribution >= 0.6 is 11.6 Å². The van der Waals surface area contributed by atoms with Crippen LogP contribution in [0.25, 0.3) is 11.1 Å². The van der Waals surface area contributed by atoms with E-state index in [2.05, 4.69) is 9.88 Å². The Labute approximate surface area is 168 Å². The largest absolute Gasteiger partial charge is 0.486 e. The van der Waals surface area contributed by atoms with Crippen LogP contribution in [0, 0.1) is 13.8 Å². The second-order valence-electron chi connectivity index (χ2n) is 7.86. The average Bonchev–Trinajstić information content (AvgIpc) is 3.09. The highest BCUT2D eigenvalue weighted by atomic mass is 35.5. The van der Waals surface area contributed by atoms with E-state index in [1.54, 1.807) is 12.1 Å². The quantitative estimate of drug-likeness (QED) is 0.572. The molecule has 6 heteroatoms. The van der Waals surface area contributed by atoms with Gasteiger partial charge in [-0.05, 0) is 49.2 Å². The summed E-state index contributed by atoms with van der Waals surface area (Å²) in [5, 5.41) is 0.642. The van der Waals surface area contributed by atoms with Gasteiger partial charge in [-0.15, -0.1) is 0 Å². The molecule has 0 radical (unpaired) electrons. The lowest BCUT2D eigenvalue weighted by Crippen LogP contribution is -2.51. The van der Waals surface area contributed by atoms with Crippen LogP contribution in [-0.2, 0) is 0 Å². The van der Waals surface area contributed by atoms with Crippen molar-refractivity contribution in [2.24, 2.45) is 0 Å². The number of carbonyl (C=O) groups is 1. The normalized spacial score (nSPS) is 18.4. The van der Waals surface area contributed by atoms with Gasteiger partial charge in [0.15, 0.2) is 11.4 Å². The van der Waals surface area contributed by atoms with E-state index < -0.39 is 5.60 Å². The van der Waals surface area contributed by atoms with Crippen molar-refractivity contribution in [2.75, 3.05) is 18.0 Å². The molecule has 0 saturated carbocycles. The molecule has 5 nitrogen and oxygen atoms in total. The van der Waals surface area contributed by atoms with E-state index in [0.717, 1.165) is 53.9 Å². The molecule has 5 rings (SSSR count). The standard InChI is InChI=1S/C22H21ClN2O3/c1-13-3-5-16-18(26)12-22(28-20(16)14(13)2)7-9-25(10-8-22)21-24-17-11-15(23)4-6-19(17)27-21/h3-6,11H,7-10,12H2,1-2H3. The molecule has 1 fully saturated rings. The number of fused-ring (bicyclic) bond motifs is 2. The summed E-state index contributed by atoms with van der Waals surface area (Å²) in [5.41, 5.74) is 3.96. The molecule has 2 aliphatic heterocycles. The summed E-state index contributed by atoms with van der Waals surface area (Å²) in [5.74, 6) is 0.940. The van der Waals surface area contributed by atoms with Gasteiger partial charge >= 0.3 is 0 Å². The monoisotopic (exact) mass is 396 g/mol. The van der Waals surface area contributed by atoms with Gasteiger partial charge in [0.05, 0.1) is 12.0 Å². The molecule has 2 aromatic carbocycles. The van der Waals surface area contributed by atoms with Crippen molar-refractivity contribution in [3.8, 4) is 5.75 Å². The highest BCUT2D eigenvalue weighted by Gasteiger charge is 2.44. The Hall–Kier alpha value is -2.53. The molecule has 0 aliphatic carbocycles. The van der Waals surface area contributed by atoms with Crippen LogP contribution in [0.4, 0.5) is 6.01 Å². The van der Waals surface area contributed by atoms with Gasteiger partial charge in [0.25, 0.3) is 6.01 Å². The van der Waals surface area contributed by atoms with E-state index in [9.17, 15) is 4.79 Å². The maximum atomic E-state index is 12.8. The number of piperidine rings is 1. The van der Waals surface area contributed by atoms with Crippen molar-refractivity contribution in [2.45, 2.75) is 38.7 Å². The predicted molar refractivity (Wildman–Crippen MR) is 109 cm³/mol. The molecule has 1 saturated heterocycles. The van der Waals surface area contributed by atoms with Gasteiger partial charge in [-0.1, -0.05) is 17.7 Å². The fourth-order valence-electron chi connectivity index (χ4n) is 4.19. The lowest BCUT2D eigenvalue weighted by molar-refractivity contribution is 0.0220. The highest BCUT2D eigenvalue weighted by molar-refractivity contribution is 6.31. The molecule has 1 aromatic heterocycles. The van der Waals surface area contributed by atoms with Crippen molar-refractivity contribution in [3.05, 3.63) is 52.0 Å². The molecule has 28 heavy (non-hydrogen) atoms. The molecule has 3 heterocycles. The molecule has 0 N–H and O–H groups in total. The minimum absolute atomic E-state index is 0.175. The van der Waals surface area contributed by atoms with Gasteiger partial charge in [-0.2, -0.15) is 4.98 Å². The van der Waals surface area contributed by atoms with E-state index in [4.69, 9.17) is 20.8 Å². The van der Waals surface area contributed by atoms with E-state index in [1.807, 2.05) is 32.0 Å². The third-order valence-electron chi connectivity index (χ3n) is 6.06. The number of oxazole rings is 1. The Morgan fingerprint density at radius 3 is 2.71 bits per heavy atom. The molecule has 2 aliphatic rings. The molecule has 3 aromatic rings. The first-order chi connectivity index (χ1) is 13.4. The zero-order chi connectivity index (χ0) is 19.5. The van der Waals surface area contributed by atoms with Gasteiger partial charge < -0.3 is 14.1 Å². The van der Waals surface area contributed by atoms with Crippen LogP contribution in [0.15, 0.2) is 34.7 Å². The van der Waals surface area contributed by atoms with Crippen LogP contribution in [0.2, 0.25) is 5.02 Å². The summed E-state index contributed by atoms with van der Waals surface area (Å²) in [4.78, 5) is 19.5. The summed E-state index contributed by atoms with van der Waals surface area (Å²) in [7, 11) is 0. The summed E-state index contributed by atoms with van der Waals surface area (Å²) < 4.78 is 12.4. The zero-order valence-corrected chi connectivity index (χ0v) is 16.7. The Kier molecular flexibility index (Phi) is 3.91. The number of hydrogen-bond donors (Lipinski definition) is 0. The van der Waals surface area contributed by atoms with Gasteiger partial charge in [0.2, 0.25) is 0 Å². The SMILES string of the molecule is Cc1ccc2c(c1C)OC1(CCN(c3nc4cc(Cl)ccc4o3)CC1)CC2=O. The number of benzene rings is 2. The molecule has 0 unspecified atom stereocenters. The van der Waals surface area contributed by atoms with E-state index in [-0.39, 0.29) is 5.78 Å². The van der Waals surface area contributed by atoms with Crippen molar-refractivity contribution in [1.82, 2.24) is 4.98 Å². The topological polar surface area (TPSA) is 55.6 Å². The van der Waals surface area contributed by atoms with Crippen LogP contribution in [0.5, 0.6) is 5.75 Å². The molecule has 0 amide bonds. The molecular weight excluding hydrogens is 376 g/mol. The van der Waals surface area contributed by atoms with Crippen LogP contribution in [0.3, 0.4) is 0 Å². The second kappa shape index (κ2) is 6.24. The third-order valence-corrected chi connectivity index (χ3v) is 6.30. The molecule has 1 spiro atoms. The Morgan fingerprint density at radius 2 is 1.93 bits per heavy atom. The van der Waals surface area contributed by atoms with Gasteiger partial charge in [-0.3, -0.25) is 4.79 Å². The minimum Gasteiger partial charge on any atom is -0.486 e. The number of ketones is 1.